The van der Waals surface area contributed by atoms with Gasteiger partial charge in [0.15, 0.2) is 5.82 Å². The highest BCUT2D eigenvalue weighted by Crippen LogP contribution is 2.39. The van der Waals surface area contributed by atoms with E-state index in [0.717, 1.165) is 5.39 Å². The molecule has 4 aromatic rings. The van der Waals surface area contributed by atoms with E-state index in [4.69, 9.17) is 9.47 Å². The lowest BCUT2D eigenvalue weighted by molar-refractivity contribution is -0.00269. The molecular weight excluding hydrogens is 494 g/mol. The van der Waals surface area contributed by atoms with Gasteiger partial charge in [-0.15, -0.1) is 0 Å². The first kappa shape index (κ1) is 25.7. The van der Waals surface area contributed by atoms with E-state index in [9.17, 15) is 14.3 Å². The van der Waals surface area contributed by atoms with E-state index in [1.165, 1.54) is 51.3 Å². The van der Waals surface area contributed by atoms with Crippen LogP contribution in [0.15, 0.2) is 48.7 Å². The minimum Gasteiger partial charge on any atom is -0.481 e. The van der Waals surface area contributed by atoms with Crippen LogP contribution in [0.3, 0.4) is 0 Å². The molecule has 5 rings (SSSR count). The predicted molar refractivity (Wildman–Crippen MR) is 137 cm³/mol. The van der Waals surface area contributed by atoms with Crippen LogP contribution in [0.5, 0.6) is 5.88 Å². The van der Waals surface area contributed by atoms with Crippen molar-refractivity contribution in [2.45, 2.75) is 37.9 Å². The van der Waals surface area contributed by atoms with Crippen LogP contribution in [0.25, 0.3) is 22.2 Å². The van der Waals surface area contributed by atoms with Crippen LogP contribution in [0.2, 0.25) is 0 Å². The summed E-state index contributed by atoms with van der Waals surface area (Å²) in [5, 5.41) is 14.4. The molecule has 4 heterocycles. The fourth-order valence-electron chi connectivity index (χ4n) is 4.70. The van der Waals surface area contributed by atoms with Gasteiger partial charge in [0.2, 0.25) is 5.88 Å². The summed E-state index contributed by atoms with van der Waals surface area (Å²) in [6, 6.07) is 10.2. The van der Waals surface area contributed by atoms with Crippen molar-refractivity contribution < 1.29 is 28.2 Å². The van der Waals surface area contributed by atoms with Crippen molar-refractivity contribution in [3.8, 4) is 17.1 Å². The number of ether oxygens (including phenoxy) is 2. The maximum atomic E-state index is 15.6. The molecule has 0 saturated carbocycles. The number of carbonyl (C=O) groups is 1. The largest absolute Gasteiger partial charge is 0.481 e. The van der Waals surface area contributed by atoms with Gasteiger partial charge >= 0.3 is 0 Å². The first-order valence-corrected chi connectivity index (χ1v) is 12.2. The van der Waals surface area contributed by atoms with E-state index in [1.54, 1.807) is 18.3 Å². The molecule has 0 unspecified atom stereocenters. The molecule has 1 atom stereocenters. The lowest BCUT2D eigenvalue weighted by atomic mass is 9.89. The number of benzene rings is 1. The Morgan fingerprint density at radius 1 is 1.24 bits per heavy atom. The molecule has 0 bridgehead atoms. The van der Waals surface area contributed by atoms with Crippen molar-refractivity contribution in [1.82, 2.24) is 20.3 Å². The Morgan fingerprint density at radius 3 is 2.66 bits per heavy atom. The standard InChI is InChI=1S/C28H28F2N4O4/c1-27(2,36)19-13-22(34-25(24(19)30)16-5-7-18(29)8-6-16)28(9-4-10-38-28)15-32-26(35)20-11-17-12-23(37-3)31-14-21(17)33-20/h5-8,11-14,33,36H,4,9-10,15H2,1-3H3,(H,32,35)/t28-/m0/s1. The topological polar surface area (TPSA) is 109 Å². The Kier molecular flexibility index (Phi) is 6.62. The highest BCUT2D eigenvalue weighted by Gasteiger charge is 2.41. The third-order valence-corrected chi connectivity index (χ3v) is 6.77. The number of nitrogens with one attached hydrogen (secondary N) is 2. The summed E-state index contributed by atoms with van der Waals surface area (Å²) in [6.45, 7) is 3.45. The van der Waals surface area contributed by atoms with Crippen molar-refractivity contribution in [2.75, 3.05) is 20.3 Å². The van der Waals surface area contributed by atoms with Crippen LogP contribution in [-0.4, -0.2) is 46.2 Å². The molecule has 3 N–H and O–H groups in total. The summed E-state index contributed by atoms with van der Waals surface area (Å²) < 4.78 is 40.4. The number of methoxy groups -OCH3 is 1. The molecule has 0 spiro atoms. The first-order valence-electron chi connectivity index (χ1n) is 12.2. The fraction of sp³-hybridized carbons (Fsp3) is 0.321. The fourth-order valence-corrected chi connectivity index (χ4v) is 4.70. The van der Waals surface area contributed by atoms with Crippen LogP contribution in [0, 0.1) is 11.6 Å². The van der Waals surface area contributed by atoms with E-state index in [-0.39, 0.29) is 23.7 Å². The van der Waals surface area contributed by atoms with Gasteiger partial charge in [0.25, 0.3) is 5.91 Å². The van der Waals surface area contributed by atoms with E-state index in [2.05, 4.69) is 20.3 Å². The molecular formula is C28H28F2N4O4. The van der Waals surface area contributed by atoms with Gasteiger partial charge in [0, 0.05) is 29.2 Å². The number of nitrogens with zero attached hydrogens (tertiary/aromatic N) is 2. The smallest absolute Gasteiger partial charge is 0.267 e. The SMILES string of the molecule is COc1cc2cc(C(=O)NC[C@]3(c4cc(C(C)(C)O)c(F)c(-c5ccc(F)cc5)n4)CCCO3)[nH]c2cn1. The summed E-state index contributed by atoms with van der Waals surface area (Å²) in [7, 11) is 1.52. The average molecular weight is 523 g/mol. The van der Waals surface area contributed by atoms with Crippen molar-refractivity contribution in [2.24, 2.45) is 0 Å². The number of halogens is 2. The maximum absolute atomic E-state index is 15.6. The molecule has 1 amide bonds. The normalized spacial score (nSPS) is 17.6. The van der Waals surface area contributed by atoms with Gasteiger partial charge in [0.1, 0.15) is 22.8 Å². The summed E-state index contributed by atoms with van der Waals surface area (Å²) in [6.07, 6.45) is 2.81. The lowest BCUT2D eigenvalue weighted by Gasteiger charge is -2.30. The Hall–Kier alpha value is -3.89. The van der Waals surface area contributed by atoms with E-state index in [1.807, 2.05) is 0 Å². The molecule has 8 nitrogen and oxygen atoms in total. The van der Waals surface area contributed by atoms with Gasteiger partial charge in [-0.1, -0.05) is 0 Å². The number of amides is 1. The number of carbonyl (C=O) groups excluding carboxylic acids is 1. The zero-order chi connectivity index (χ0) is 27.1. The monoisotopic (exact) mass is 522 g/mol. The second-order valence-corrected chi connectivity index (χ2v) is 9.91. The van der Waals surface area contributed by atoms with Crippen molar-refractivity contribution >= 4 is 16.8 Å². The molecule has 1 aliphatic heterocycles. The zero-order valence-electron chi connectivity index (χ0n) is 21.3. The van der Waals surface area contributed by atoms with Crippen molar-refractivity contribution in [3.05, 3.63) is 77.2 Å². The first-order chi connectivity index (χ1) is 18.1. The summed E-state index contributed by atoms with van der Waals surface area (Å²) >= 11 is 0. The molecule has 1 aromatic carbocycles. The minimum absolute atomic E-state index is 0.0279. The molecule has 1 saturated heterocycles. The molecule has 38 heavy (non-hydrogen) atoms. The molecule has 1 fully saturated rings. The maximum Gasteiger partial charge on any atom is 0.267 e. The Morgan fingerprint density at radius 2 is 2.00 bits per heavy atom. The number of fused-ring (bicyclic) bond motifs is 1. The number of pyridine rings is 2. The highest BCUT2D eigenvalue weighted by atomic mass is 19.1. The van der Waals surface area contributed by atoms with Crippen LogP contribution in [-0.2, 0) is 15.9 Å². The van der Waals surface area contributed by atoms with Gasteiger partial charge in [-0.05, 0) is 63.1 Å². The summed E-state index contributed by atoms with van der Waals surface area (Å²) in [4.78, 5) is 24.9. The van der Waals surface area contributed by atoms with Gasteiger partial charge < -0.3 is 24.9 Å². The lowest BCUT2D eigenvalue weighted by Crippen LogP contribution is -2.41. The summed E-state index contributed by atoms with van der Waals surface area (Å²) in [5.74, 6) is -1.09. The van der Waals surface area contributed by atoms with Gasteiger partial charge in [-0.25, -0.2) is 18.7 Å². The highest BCUT2D eigenvalue weighted by molar-refractivity contribution is 5.98. The third-order valence-electron chi connectivity index (χ3n) is 6.77. The Bertz CT molecular complexity index is 1490. The quantitative estimate of drug-likeness (QED) is 0.328. The molecule has 198 valence electrons. The number of H-pyrrole nitrogens is 1. The number of aromatic amines is 1. The average Bonchev–Trinajstić information content (AvgIpc) is 3.55. The second-order valence-electron chi connectivity index (χ2n) is 9.91. The summed E-state index contributed by atoms with van der Waals surface area (Å²) in [5.41, 5.74) is -0.831. The van der Waals surface area contributed by atoms with Gasteiger partial charge in [0.05, 0.1) is 36.7 Å². The van der Waals surface area contributed by atoms with Crippen LogP contribution >= 0.6 is 0 Å². The van der Waals surface area contributed by atoms with Crippen LogP contribution in [0.1, 0.15) is 48.4 Å². The Balaban J connectivity index is 1.50. The third kappa shape index (κ3) is 4.84. The van der Waals surface area contributed by atoms with Crippen LogP contribution in [0.4, 0.5) is 8.78 Å². The van der Waals surface area contributed by atoms with E-state index < -0.39 is 22.8 Å². The molecule has 0 radical (unpaired) electrons. The number of hydrogen-bond acceptors (Lipinski definition) is 6. The minimum atomic E-state index is -1.53. The van der Waals surface area contributed by atoms with E-state index >= 15 is 4.39 Å². The van der Waals surface area contributed by atoms with Crippen molar-refractivity contribution in [3.63, 3.8) is 0 Å². The van der Waals surface area contributed by atoms with E-state index in [0.29, 0.717) is 47.8 Å². The molecule has 3 aromatic heterocycles. The molecule has 10 heteroatoms. The number of aromatic nitrogens is 3. The van der Waals surface area contributed by atoms with Gasteiger partial charge in [-0.3, -0.25) is 4.79 Å². The van der Waals surface area contributed by atoms with Gasteiger partial charge in [-0.2, -0.15) is 0 Å². The number of aliphatic hydroxyl groups is 1. The number of hydrogen-bond donors (Lipinski definition) is 3. The Labute approximate surface area is 218 Å². The number of rotatable bonds is 7. The zero-order valence-corrected chi connectivity index (χ0v) is 21.3. The molecule has 1 aliphatic rings. The van der Waals surface area contributed by atoms with Crippen LogP contribution < -0.4 is 10.1 Å². The molecule has 0 aliphatic carbocycles. The second kappa shape index (κ2) is 9.77. The van der Waals surface area contributed by atoms with Crippen molar-refractivity contribution in [1.29, 1.82) is 0 Å². The predicted octanol–water partition coefficient (Wildman–Crippen LogP) is 4.57.